The highest BCUT2D eigenvalue weighted by molar-refractivity contribution is 6.21. The first-order valence-electron chi connectivity index (χ1n) is 11.1. The summed E-state index contributed by atoms with van der Waals surface area (Å²) in [7, 11) is 0. The van der Waals surface area contributed by atoms with Gasteiger partial charge in [-0.25, -0.2) is 4.98 Å². The lowest BCUT2D eigenvalue weighted by molar-refractivity contribution is -0.124. The maximum atomic E-state index is 13.0. The molecule has 2 heterocycles. The van der Waals surface area contributed by atoms with E-state index in [2.05, 4.69) is 20.6 Å². The number of imidazole rings is 1. The third kappa shape index (κ3) is 3.67. The third-order valence-electron chi connectivity index (χ3n) is 5.96. The molecule has 0 fully saturated rings. The van der Waals surface area contributed by atoms with E-state index in [1.165, 1.54) is 4.90 Å². The highest BCUT2D eigenvalue weighted by Gasteiger charge is 2.28. The molecule has 1 aliphatic rings. The monoisotopic (exact) mass is 461 g/mol. The van der Waals surface area contributed by atoms with Crippen molar-refractivity contribution < 1.29 is 14.4 Å². The van der Waals surface area contributed by atoms with Crippen molar-refractivity contribution in [1.82, 2.24) is 9.97 Å². The van der Waals surface area contributed by atoms with Crippen LogP contribution < -0.4 is 15.5 Å². The van der Waals surface area contributed by atoms with Crippen molar-refractivity contribution in [2.45, 2.75) is 6.42 Å². The van der Waals surface area contributed by atoms with Gasteiger partial charge in [-0.15, -0.1) is 0 Å². The van der Waals surface area contributed by atoms with E-state index in [0.717, 1.165) is 16.3 Å². The first-order valence-corrected chi connectivity index (χ1v) is 11.1. The van der Waals surface area contributed by atoms with Gasteiger partial charge in [0.2, 0.25) is 11.8 Å². The smallest absolute Gasteiger partial charge is 0.291 e. The van der Waals surface area contributed by atoms with E-state index in [4.69, 9.17) is 0 Å². The summed E-state index contributed by atoms with van der Waals surface area (Å²) in [4.78, 5) is 47.0. The molecule has 0 saturated heterocycles. The Morgan fingerprint density at radius 2 is 1.66 bits per heavy atom. The molecule has 35 heavy (non-hydrogen) atoms. The van der Waals surface area contributed by atoms with Crippen molar-refractivity contribution in [3.8, 4) is 0 Å². The van der Waals surface area contributed by atoms with Crippen LogP contribution in [0.5, 0.6) is 0 Å². The molecule has 0 bridgehead atoms. The predicted octanol–water partition coefficient (Wildman–Crippen LogP) is 4.98. The van der Waals surface area contributed by atoms with Gasteiger partial charge in [0, 0.05) is 16.8 Å². The normalized spacial score (nSPS) is 13.4. The lowest BCUT2D eigenvalue weighted by atomic mass is 10.1. The second-order valence-corrected chi connectivity index (χ2v) is 8.24. The van der Waals surface area contributed by atoms with Crippen LogP contribution in [0, 0.1) is 0 Å². The molecule has 0 aliphatic carbocycles. The summed E-state index contributed by atoms with van der Waals surface area (Å²) in [6, 6.07) is 25.8. The number of hydrogen-bond acceptors (Lipinski definition) is 4. The molecular weight excluding hydrogens is 442 g/mol. The Morgan fingerprint density at radius 3 is 2.49 bits per heavy atom. The molecule has 170 valence electrons. The minimum atomic E-state index is -0.369. The zero-order chi connectivity index (χ0) is 23.9. The lowest BCUT2D eigenvalue weighted by Crippen LogP contribution is -2.26. The van der Waals surface area contributed by atoms with E-state index in [-0.39, 0.29) is 30.0 Å². The average Bonchev–Trinajstić information content (AvgIpc) is 3.25. The van der Waals surface area contributed by atoms with Crippen LogP contribution in [0.4, 0.5) is 22.7 Å². The number of carbonyl (C=O) groups excluding carboxylic acids is 3. The number of benzene rings is 4. The molecule has 8 heteroatoms. The van der Waals surface area contributed by atoms with E-state index in [9.17, 15) is 14.4 Å². The molecule has 3 amide bonds. The second-order valence-electron chi connectivity index (χ2n) is 8.24. The van der Waals surface area contributed by atoms with E-state index in [0.29, 0.717) is 28.3 Å². The SMILES string of the molecule is O=C1CC(=O)N(c2ccc(NC(=O)c3nc4ccccc4[nH]3)cc2)c2ccc3ccccc3c2N1. The minimum absolute atomic E-state index is 0.211. The highest BCUT2D eigenvalue weighted by atomic mass is 16.2. The van der Waals surface area contributed by atoms with Crippen LogP contribution in [0.15, 0.2) is 84.9 Å². The zero-order valence-corrected chi connectivity index (χ0v) is 18.4. The molecule has 0 radical (unpaired) electrons. The Morgan fingerprint density at radius 1 is 0.886 bits per heavy atom. The molecule has 6 rings (SSSR count). The fraction of sp³-hybridized carbons (Fsp3) is 0.0370. The number of aromatic amines is 1. The van der Waals surface area contributed by atoms with Gasteiger partial charge in [0.15, 0.2) is 5.82 Å². The number of amides is 3. The van der Waals surface area contributed by atoms with Gasteiger partial charge in [0.25, 0.3) is 5.91 Å². The Hall–Kier alpha value is -4.98. The van der Waals surface area contributed by atoms with Crippen LogP contribution in [0.3, 0.4) is 0 Å². The van der Waals surface area contributed by atoms with Crippen molar-refractivity contribution >= 4 is 62.3 Å². The number of para-hydroxylation sites is 2. The summed E-state index contributed by atoms with van der Waals surface area (Å²) >= 11 is 0. The van der Waals surface area contributed by atoms with E-state index >= 15 is 0 Å². The molecule has 0 unspecified atom stereocenters. The maximum absolute atomic E-state index is 13.0. The van der Waals surface area contributed by atoms with Crippen molar-refractivity contribution in [2.75, 3.05) is 15.5 Å². The van der Waals surface area contributed by atoms with E-state index < -0.39 is 0 Å². The number of hydrogen-bond donors (Lipinski definition) is 3. The number of aromatic nitrogens is 2. The maximum Gasteiger partial charge on any atom is 0.291 e. The highest BCUT2D eigenvalue weighted by Crippen LogP contribution is 2.40. The molecule has 4 aromatic carbocycles. The number of H-pyrrole nitrogens is 1. The van der Waals surface area contributed by atoms with E-state index in [1.807, 2.05) is 60.7 Å². The lowest BCUT2D eigenvalue weighted by Gasteiger charge is -2.23. The predicted molar refractivity (Wildman–Crippen MR) is 135 cm³/mol. The van der Waals surface area contributed by atoms with Gasteiger partial charge < -0.3 is 15.6 Å². The number of fused-ring (bicyclic) bond motifs is 4. The minimum Gasteiger partial charge on any atom is -0.334 e. The fourth-order valence-corrected chi connectivity index (χ4v) is 4.34. The Kier molecular flexibility index (Phi) is 4.77. The number of carbonyl (C=O) groups is 3. The van der Waals surface area contributed by atoms with Crippen molar-refractivity contribution in [3.63, 3.8) is 0 Å². The van der Waals surface area contributed by atoms with Gasteiger partial charge in [-0.1, -0.05) is 42.5 Å². The summed E-state index contributed by atoms with van der Waals surface area (Å²) in [5.74, 6) is -0.852. The van der Waals surface area contributed by atoms with Crippen LogP contribution in [0.1, 0.15) is 17.0 Å². The van der Waals surface area contributed by atoms with Crippen LogP contribution in [0.2, 0.25) is 0 Å². The summed E-state index contributed by atoms with van der Waals surface area (Å²) in [6.45, 7) is 0. The van der Waals surface area contributed by atoms with Gasteiger partial charge in [-0.3, -0.25) is 19.3 Å². The topological polar surface area (TPSA) is 107 Å². The zero-order valence-electron chi connectivity index (χ0n) is 18.4. The molecule has 1 aliphatic heterocycles. The number of rotatable bonds is 3. The standard InChI is InChI=1S/C27H19N5O3/c33-23-15-24(34)32(22-14-9-16-5-1-2-6-19(16)25(22)31-23)18-12-10-17(11-13-18)28-27(35)26-29-20-7-3-4-8-21(20)30-26/h1-14H,15H2,(H,28,35)(H,29,30)(H,31,33). The Bertz CT molecular complexity index is 1610. The van der Waals surface area contributed by atoms with Crippen molar-refractivity contribution in [1.29, 1.82) is 0 Å². The molecule has 0 atom stereocenters. The number of nitrogens with one attached hydrogen (secondary N) is 3. The van der Waals surface area contributed by atoms with Crippen LogP contribution in [0.25, 0.3) is 21.8 Å². The van der Waals surface area contributed by atoms with Crippen LogP contribution in [-0.2, 0) is 9.59 Å². The Balaban J connectivity index is 1.32. The Labute approximate surface area is 199 Å². The summed E-state index contributed by atoms with van der Waals surface area (Å²) in [5, 5.41) is 7.53. The quantitative estimate of drug-likeness (QED) is 0.330. The molecule has 8 nitrogen and oxygen atoms in total. The van der Waals surface area contributed by atoms with Crippen LogP contribution in [-0.4, -0.2) is 27.7 Å². The van der Waals surface area contributed by atoms with Gasteiger partial charge in [0.1, 0.15) is 6.42 Å². The average molecular weight is 461 g/mol. The summed E-state index contributed by atoms with van der Waals surface area (Å²) < 4.78 is 0. The van der Waals surface area contributed by atoms with Crippen LogP contribution >= 0.6 is 0 Å². The van der Waals surface area contributed by atoms with Gasteiger partial charge in [0.05, 0.1) is 22.4 Å². The molecule has 3 N–H and O–H groups in total. The molecule has 0 saturated carbocycles. The first-order chi connectivity index (χ1) is 17.1. The molecule has 0 spiro atoms. The second kappa shape index (κ2) is 8.11. The number of anilines is 4. The first kappa shape index (κ1) is 20.6. The third-order valence-corrected chi connectivity index (χ3v) is 5.96. The summed E-state index contributed by atoms with van der Waals surface area (Å²) in [6.07, 6.45) is -0.270. The van der Waals surface area contributed by atoms with Gasteiger partial charge in [-0.2, -0.15) is 0 Å². The van der Waals surface area contributed by atoms with Crippen molar-refractivity contribution in [2.24, 2.45) is 0 Å². The summed E-state index contributed by atoms with van der Waals surface area (Å²) in [5.41, 5.74) is 3.82. The van der Waals surface area contributed by atoms with Crippen molar-refractivity contribution in [3.05, 3.63) is 90.8 Å². The largest absolute Gasteiger partial charge is 0.334 e. The van der Waals surface area contributed by atoms with Gasteiger partial charge >= 0.3 is 0 Å². The molecular formula is C27H19N5O3. The fourth-order valence-electron chi connectivity index (χ4n) is 4.34. The van der Waals surface area contributed by atoms with Gasteiger partial charge in [-0.05, 0) is 47.9 Å². The number of nitrogens with zero attached hydrogens (tertiary/aromatic N) is 2. The van der Waals surface area contributed by atoms with E-state index in [1.54, 1.807) is 24.3 Å². The molecule has 5 aromatic rings. The molecule has 1 aromatic heterocycles.